The number of aryl methyl sites for hydroxylation is 1. The minimum absolute atomic E-state index is 0.620. The molecule has 0 atom stereocenters. The summed E-state index contributed by atoms with van der Waals surface area (Å²) >= 11 is 9.91. The Morgan fingerprint density at radius 3 is 2.50 bits per heavy atom. The van der Waals surface area contributed by atoms with E-state index in [-0.39, 0.29) is 0 Å². The van der Waals surface area contributed by atoms with Crippen molar-refractivity contribution in [2.75, 3.05) is 18.0 Å². The van der Waals surface area contributed by atoms with Gasteiger partial charge in [0.05, 0.1) is 5.69 Å². The van der Waals surface area contributed by atoms with E-state index in [0.717, 1.165) is 10.6 Å². The molecule has 98 valence electrons. The van der Waals surface area contributed by atoms with Gasteiger partial charge in [-0.25, -0.2) is 0 Å². The Morgan fingerprint density at radius 2 is 1.83 bits per heavy atom. The first kappa shape index (κ1) is 12.8. The van der Waals surface area contributed by atoms with E-state index < -0.39 is 0 Å². The SMILES string of the molecule is Cc1cc(Br)c(N2CC3(CCCCC3)C2)cc1Cl. The van der Waals surface area contributed by atoms with E-state index in [0.29, 0.717) is 5.41 Å². The van der Waals surface area contributed by atoms with Crippen LogP contribution in [-0.4, -0.2) is 13.1 Å². The summed E-state index contributed by atoms with van der Waals surface area (Å²) in [6.07, 6.45) is 7.11. The van der Waals surface area contributed by atoms with Gasteiger partial charge in [-0.2, -0.15) is 0 Å². The predicted molar refractivity (Wildman–Crippen MR) is 81.6 cm³/mol. The summed E-state index contributed by atoms with van der Waals surface area (Å²) in [5, 5.41) is 0.873. The van der Waals surface area contributed by atoms with Gasteiger partial charge in [0.25, 0.3) is 0 Å². The maximum absolute atomic E-state index is 6.24. The molecular formula is C15H19BrClN. The van der Waals surface area contributed by atoms with Crippen LogP contribution >= 0.6 is 27.5 Å². The van der Waals surface area contributed by atoms with Crippen LogP contribution in [0.1, 0.15) is 37.7 Å². The first-order valence-corrected chi connectivity index (χ1v) is 7.97. The van der Waals surface area contributed by atoms with Crippen LogP contribution in [0.25, 0.3) is 0 Å². The van der Waals surface area contributed by atoms with Gasteiger partial charge in [0.1, 0.15) is 0 Å². The molecule has 1 aromatic carbocycles. The van der Waals surface area contributed by atoms with Crippen LogP contribution in [0.15, 0.2) is 16.6 Å². The smallest absolute Gasteiger partial charge is 0.0526 e. The van der Waals surface area contributed by atoms with Crippen LogP contribution in [0.2, 0.25) is 5.02 Å². The Bertz CT molecular complexity index is 458. The highest BCUT2D eigenvalue weighted by molar-refractivity contribution is 9.10. The van der Waals surface area contributed by atoms with E-state index in [1.165, 1.54) is 55.4 Å². The molecular weight excluding hydrogens is 310 g/mol. The number of hydrogen-bond donors (Lipinski definition) is 0. The molecule has 2 fully saturated rings. The quantitative estimate of drug-likeness (QED) is 0.686. The Labute approximate surface area is 123 Å². The lowest BCUT2D eigenvalue weighted by Gasteiger charge is -2.54. The van der Waals surface area contributed by atoms with Crippen molar-refractivity contribution in [3.63, 3.8) is 0 Å². The molecule has 1 heterocycles. The lowest BCUT2D eigenvalue weighted by Crippen LogP contribution is -2.57. The van der Waals surface area contributed by atoms with E-state index in [9.17, 15) is 0 Å². The van der Waals surface area contributed by atoms with E-state index in [1.807, 2.05) is 0 Å². The van der Waals surface area contributed by atoms with Crippen molar-refractivity contribution in [2.45, 2.75) is 39.0 Å². The third kappa shape index (κ3) is 2.18. The van der Waals surface area contributed by atoms with Crippen LogP contribution in [0.4, 0.5) is 5.69 Å². The lowest BCUT2D eigenvalue weighted by molar-refractivity contribution is 0.139. The van der Waals surface area contributed by atoms with Gasteiger partial charge in [-0.1, -0.05) is 30.9 Å². The molecule has 0 amide bonds. The van der Waals surface area contributed by atoms with E-state index in [2.05, 4.69) is 39.9 Å². The molecule has 0 radical (unpaired) electrons. The molecule has 18 heavy (non-hydrogen) atoms. The van der Waals surface area contributed by atoms with Crippen molar-refractivity contribution in [2.24, 2.45) is 5.41 Å². The number of nitrogens with zero attached hydrogens (tertiary/aromatic N) is 1. The third-order valence-corrected chi connectivity index (χ3v) is 5.58. The molecule has 3 rings (SSSR count). The fourth-order valence-electron chi connectivity index (χ4n) is 3.43. The standard InChI is InChI=1S/C15H19BrClN/c1-11-7-12(16)14(8-13(11)17)18-9-15(10-18)5-3-2-4-6-15/h7-8H,2-6,9-10H2,1H3. The van der Waals surface area contributed by atoms with Crippen LogP contribution < -0.4 is 4.90 Å². The van der Waals surface area contributed by atoms with Crippen molar-refractivity contribution in [1.82, 2.24) is 0 Å². The number of halogens is 2. The minimum Gasteiger partial charge on any atom is -0.369 e. The van der Waals surface area contributed by atoms with Crippen LogP contribution in [0.3, 0.4) is 0 Å². The number of hydrogen-bond acceptors (Lipinski definition) is 1. The van der Waals surface area contributed by atoms with Crippen molar-refractivity contribution < 1.29 is 0 Å². The van der Waals surface area contributed by atoms with Crippen molar-refractivity contribution in [1.29, 1.82) is 0 Å². The van der Waals surface area contributed by atoms with E-state index >= 15 is 0 Å². The fourth-order valence-corrected chi connectivity index (χ4v) is 4.30. The Morgan fingerprint density at radius 1 is 1.17 bits per heavy atom. The maximum Gasteiger partial charge on any atom is 0.0526 e. The summed E-state index contributed by atoms with van der Waals surface area (Å²) in [5.41, 5.74) is 3.02. The Balaban J connectivity index is 1.76. The molecule has 2 aliphatic rings. The van der Waals surface area contributed by atoms with Gasteiger partial charge in [0.15, 0.2) is 0 Å². The fraction of sp³-hybridized carbons (Fsp3) is 0.600. The second kappa shape index (κ2) is 4.72. The van der Waals surface area contributed by atoms with Crippen LogP contribution in [-0.2, 0) is 0 Å². The van der Waals surface area contributed by atoms with Crippen LogP contribution in [0.5, 0.6) is 0 Å². The summed E-state index contributed by atoms with van der Waals surface area (Å²) in [6, 6.07) is 4.24. The predicted octanol–water partition coefficient (Wildman–Crippen LogP) is 5.18. The summed E-state index contributed by atoms with van der Waals surface area (Å²) < 4.78 is 1.18. The van der Waals surface area contributed by atoms with Crippen molar-refractivity contribution >= 4 is 33.2 Å². The highest BCUT2D eigenvalue weighted by Gasteiger charge is 2.43. The molecule has 0 aromatic heterocycles. The Hall–Kier alpha value is -0.210. The topological polar surface area (TPSA) is 3.24 Å². The molecule has 1 aliphatic heterocycles. The molecule has 1 nitrogen and oxygen atoms in total. The first-order valence-electron chi connectivity index (χ1n) is 6.80. The zero-order valence-electron chi connectivity index (χ0n) is 10.8. The third-order valence-electron chi connectivity index (χ3n) is 4.54. The van der Waals surface area contributed by atoms with Gasteiger partial charge in [0, 0.05) is 28.0 Å². The lowest BCUT2D eigenvalue weighted by atomic mass is 9.68. The van der Waals surface area contributed by atoms with Crippen molar-refractivity contribution in [3.8, 4) is 0 Å². The molecule has 0 bridgehead atoms. The van der Waals surface area contributed by atoms with Gasteiger partial charge < -0.3 is 4.90 Å². The molecule has 0 N–H and O–H groups in total. The second-order valence-corrected chi connectivity index (χ2v) is 7.23. The summed E-state index contributed by atoms with van der Waals surface area (Å²) in [6.45, 7) is 4.48. The minimum atomic E-state index is 0.620. The molecule has 0 unspecified atom stereocenters. The molecule has 1 saturated heterocycles. The van der Waals surface area contributed by atoms with Gasteiger partial charge in [0.2, 0.25) is 0 Å². The number of benzene rings is 1. The van der Waals surface area contributed by atoms with E-state index in [1.54, 1.807) is 0 Å². The summed E-state index contributed by atoms with van der Waals surface area (Å²) in [5.74, 6) is 0. The Kier molecular flexibility index (Phi) is 3.36. The monoisotopic (exact) mass is 327 g/mol. The van der Waals surface area contributed by atoms with Gasteiger partial charge >= 0.3 is 0 Å². The normalized spacial score (nSPS) is 22.1. The van der Waals surface area contributed by atoms with Gasteiger partial charge in [-0.3, -0.25) is 0 Å². The largest absolute Gasteiger partial charge is 0.369 e. The average molecular weight is 329 g/mol. The molecule has 3 heteroatoms. The van der Waals surface area contributed by atoms with Gasteiger partial charge in [-0.05, 0) is 53.4 Å². The number of rotatable bonds is 1. The second-order valence-electron chi connectivity index (χ2n) is 5.97. The molecule has 1 saturated carbocycles. The van der Waals surface area contributed by atoms with Crippen LogP contribution in [0, 0.1) is 12.3 Å². The van der Waals surface area contributed by atoms with Gasteiger partial charge in [-0.15, -0.1) is 0 Å². The van der Waals surface area contributed by atoms with Crippen molar-refractivity contribution in [3.05, 3.63) is 27.2 Å². The highest BCUT2D eigenvalue weighted by Crippen LogP contribution is 2.47. The first-order chi connectivity index (χ1) is 8.60. The average Bonchev–Trinajstić information content (AvgIpc) is 2.32. The summed E-state index contributed by atoms with van der Waals surface area (Å²) in [7, 11) is 0. The number of anilines is 1. The molecule has 1 aliphatic carbocycles. The molecule has 1 spiro atoms. The maximum atomic E-state index is 6.24. The highest BCUT2D eigenvalue weighted by atomic mass is 79.9. The van der Waals surface area contributed by atoms with E-state index in [4.69, 9.17) is 11.6 Å². The summed E-state index contributed by atoms with van der Waals surface area (Å²) in [4.78, 5) is 2.47. The zero-order valence-corrected chi connectivity index (χ0v) is 13.1. The zero-order chi connectivity index (χ0) is 12.8. The molecule has 1 aromatic rings.